The van der Waals surface area contributed by atoms with Gasteiger partial charge < -0.3 is 9.47 Å². The van der Waals surface area contributed by atoms with Crippen molar-refractivity contribution in [1.82, 2.24) is 0 Å². The van der Waals surface area contributed by atoms with Crippen LogP contribution in [0.1, 0.15) is 68.1 Å². The zero-order valence-corrected chi connectivity index (χ0v) is 17.7. The van der Waals surface area contributed by atoms with Gasteiger partial charge in [-0.25, -0.2) is 0 Å². The average molecular weight is 409 g/mol. The molecule has 1 aliphatic carbocycles. The Kier molecular flexibility index (Phi) is 5.37. The summed E-state index contributed by atoms with van der Waals surface area (Å²) < 4.78 is 10.9. The van der Waals surface area contributed by atoms with Crippen molar-refractivity contribution >= 4 is 23.5 Å². The summed E-state index contributed by atoms with van der Waals surface area (Å²) in [5.41, 5.74) is -0.932. The summed E-state index contributed by atoms with van der Waals surface area (Å²) in [6, 6.07) is 11.5. The predicted molar refractivity (Wildman–Crippen MR) is 111 cm³/mol. The predicted octanol–water partition coefficient (Wildman–Crippen LogP) is 3.85. The lowest BCUT2D eigenvalue weighted by Gasteiger charge is -2.29. The standard InChI is InChI=1S/C24H24O6/c1-6-23(4,5)16-11-12-20(29-14(2)25)19(13-16)24(30-15(3)26)21(27)17-9-7-8-10-18(17)22(24)28/h7-13H,6H2,1-5H3/p+1. The van der Waals surface area contributed by atoms with E-state index in [1.807, 2.05) is 20.8 Å². The van der Waals surface area contributed by atoms with E-state index in [4.69, 9.17) is 9.47 Å². The van der Waals surface area contributed by atoms with Gasteiger partial charge in [-0.2, -0.15) is 0 Å². The van der Waals surface area contributed by atoms with Gasteiger partial charge in [0.05, 0.1) is 11.1 Å². The Balaban J connectivity index is 2.36. The zero-order valence-electron chi connectivity index (χ0n) is 17.7. The van der Waals surface area contributed by atoms with Crippen LogP contribution in [0.3, 0.4) is 0 Å². The molecule has 0 saturated carbocycles. The number of Topliss-reactive ketones (excluding diaryl/α,β-unsaturated/α-hetero) is 1. The molecule has 3 rings (SSSR count). The third-order valence-corrected chi connectivity index (χ3v) is 5.65. The second kappa shape index (κ2) is 7.52. The second-order valence-electron chi connectivity index (χ2n) is 8.04. The summed E-state index contributed by atoms with van der Waals surface area (Å²) in [6.07, 6.45) is 0.795. The molecule has 0 aromatic heterocycles. The first kappa shape index (κ1) is 21.4. The normalized spacial score (nSPS) is 18.2. The van der Waals surface area contributed by atoms with E-state index in [0.717, 1.165) is 18.9 Å². The van der Waals surface area contributed by atoms with Crippen molar-refractivity contribution in [1.29, 1.82) is 0 Å². The number of benzene rings is 2. The Morgan fingerprint density at radius 3 is 2.20 bits per heavy atom. The van der Waals surface area contributed by atoms with Gasteiger partial charge in [0.15, 0.2) is 0 Å². The van der Waals surface area contributed by atoms with E-state index in [2.05, 4.69) is 0 Å². The number of hydrogen-bond donors (Lipinski definition) is 0. The quantitative estimate of drug-likeness (QED) is 0.324. The van der Waals surface area contributed by atoms with Crippen LogP contribution in [0.5, 0.6) is 5.75 Å². The van der Waals surface area contributed by atoms with E-state index >= 15 is 0 Å². The highest BCUT2D eigenvalue weighted by Crippen LogP contribution is 2.45. The summed E-state index contributed by atoms with van der Waals surface area (Å²) in [5, 5.41) is 0. The summed E-state index contributed by atoms with van der Waals surface area (Å²) in [6.45, 7) is 8.50. The van der Waals surface area contributed by atoms with Crippen molar-refractivity contribution in [3.8, 4) is 5.75 Å². The lowest BCUT2D eigenvalue weighted by atomic mass is 9.78. The number of esters is 2. The molecule has 1 N–H and O–H groups in total. The summed E-state index contributed by atoms with van der Waals surface area (Å²) in [5.74, 6) is -2.30. The molecule has 1 aliphatic rings. The van der Waals surface area contributed by atoms with Gasteiger partial charge in [0.25, 0.3) is 0 Å². The SMILES string of the molecule is CCC(C)(C)c1ccc(OC(C)=O)c(C2(OC(C)=O)C(=O)c3ccccc3C2=[OH+])c1. The third kappa shape index (κ3) is 3.32. The number of ketones is 2. The van der Waals surface area contributed by atoms with Crippen molar-refractivity contribution in [3.63, 3.8) is 0 Å². The molecule has 0 bridgehead atoms. The maximum Gasteiger partial charge on any atom is 0.380 e. The molecule has 0 spiro atoms. The van der Waals surface area contributed by atoms with Crippen LogP contribution in [0.4, 0.5) is 0 Å². The summed E-state index contributed by atoms with van der Waals surface area (Å²) >= 11 is 0. The van der Waals surface area contributed by atoms with Gasteiger partial charge in [-0.15, -0.1) is 0 Å². The molecule has 2 aromatic rings. The number of ether oxygens (including phenoxy) is 2. The van der Waals surface area contributed by atoms with Gasteiger partial charge in [0.1, 0.15) is 5.75 Å². The van der Waals surface area contributed by atoms with Crippen LogP contribution in [-0.2, 0) is 25.3 Å². The first-order valence-corrected chi connectivity index (χ1v) is 9.78. The highest BCUT2D eigenvalue weighted by molar-refractivity contribution is 6.33. The monoisotopic (exact) mass is 409 g/mol. The van der Waals surface area contributed by atoms with Gasteiger partial charge in [0, 0.05) is 19.4 Å². The smallest absolute Gasteiger partial charge is 0.380 e. The van der Waals surface area contributed by atoms with E-state index in [0.29, 0.717) is 0 Å². The first-order chi connectivity index (χ1) is 14.0. The molecular weight excluding hydrogens is 384 g/mol. The lowest BCUT2D eigenvalue weighted by molar-refractivity contribution is -0.148. The van der Waals surface area contributed by atoms with Crippen molar-refractivity contribution in [3.05, 3.63) is 64.7 Å². The van der Waals surface area contributed by atoms with E-state index in [9.17, 15) is 19.2 Å². The highest BCUT2D eigenvalue weighted by atomic mass is 16.6. The summed E-state index contributed by atoms with van der Waals surface area (Å²) in [7, 11) is 0. The lowest BCUT2D eigenvalue weighted by Crippen LogP contribution is -2.43. The van der Waals surface area contributed by atoms with E-state index in [1.165, 1.54) is 6.92 Å². The van der Waals surface area contributed by atoms with Crippen LogP contribution in [0.15, 0.2) is 42.5 Å². The molecule has 0 heterocycles. The number of carbonyl (C=O) groups is 3. The molecular formula is C24H25O6+. The number of fused-ring (bicyclic) bond motifs is 1. The second-order valence-corrected chi connectivity index (χ2v) is 8.04. The zero-order chi connectivity index (χ0) is 22.3. The van der Waals surface area contributed by atoms with Crippen LogP contribution in [0, 0.1) is 0 Å². The Morgan fingerprint density at radius 2 is 1.67 bits per heavy atom. The fraction of sp³-hybridized carbons (Fsp3) is 0.333. The molecule has 0 aliphatic heterocycles. The fourth-order valence-corrected chi connectivity index (χ4v) is 3.66. The molecule has 6 nitrogen and oxygen atoms in total. The number of hydrogen-bond acceptors (Lipinski definition) is 5. The minimum atomic E-state index is -2.12. The molecule has 2 aromatic carbocycles. The Hall–Kier alpha value is -3.28. The largest absolute Gasteiger partial charge is 0.431 e. The van der Waals surface area contributed by atoms with E-state index < -0.39 is 29.1 Å². The van der Waals surface area contributed by atoms with Crippen LogP contribution >= 0.6 is 0 Å². The van der Waals surface area contributed by atoms with Gasteiger partial charge in [-0.3, -0.25) is 19.2 Å². The number of rotatable bonds is 5. The molecule has 30 heavy (non-hydrogen) atoms. The average Bonchev–Trinajstić information content (AvgIpc) is 2.90. The van der Waals surface area contributed by atoms with Gasteiger partial charge in [0.2, 0.25) is 5.78 Å². The third-order valence-electron chi connectivity index (χ3n) is 5.65. The molecule has 1 atom stereocenters. The van der Waals surface area contributed by atoms with Crippen LogP contribution in [-0.4, -0.2) is 28.3 Å². The Labute approximate surface area is 175 Å². The van der Waals surface area contributed by atoms with Crippen molar-refractivity contribution in [2.24, 2.45) is 0 Å². The first-order valence-electron chi connectivity index (χ1n) is 9.78. The summed E-state index contributed by atoms with van der Waals surface area (Å²) in [4.78, 5) is 48.5. The van der Waals surface area contributed by atoms with Crippen molar-refractivity contribution in [2.45, 2.75) is 52.1 Å². The minimum absolute atomic E-state index is 0.0482. The van der Waals surface area contributed by atoms with E-state index in [-0.39, 0.29) is 27.9 Å². The van der Waals surface area contributed by atoms with Crippen LogP contribution in [0.2, 0.25) is 0 Å². The Bertz CT molecular complexity index is 1030. The number of carbonyl (C=O) groups excluding carboxylic acids is 4. The molecule has 0 radical (unpaired) electrons. The van der Waals surface area contributed by atoms with Crippen molar-refractivity contribution < 1.29 is 28.7 Å². The van der Waals surface area contributed by atoms with Gasteiger partial charge >= 0.3 is 23.3 Å². The maximum absolute atomic E-state index is 13.5. The van der Waals surface area contributed by atoms with Gasteiger partial charge in [-0.05, 0) is 35.6 Å². The van der Waals surface area contributed by atoms with Gasteiger partial charge in [-0.1, -0.05) is 45.0 Å². The highest BCUT2D eigenvalue weighted by Gasteiger charge is 2.63. The molecule has 156 valence electrons. The molecule has 0 amide bonds. The van der Waals surface area contributed by atoms with E-state index in [1.54, 1.807) is 42.5 Å². The fourth-order valence-electron chi connectivity index (χ4n) is 3.66. The Morgan fingerprint density at radius 1 is 1.03 bits per heavy atom. The molecule has 0 saturated heterocycles. The van der Waals surface area contributed by atoms with Crippen molar-refractivity contribution in [2.75, 3.05) is 0 Å². The topological polar surface area (TPSA) is 91.1 Å². The molecule has 1 unspecified atom stereocenters. The van der Waals surface area contributed by atoms with Crippen LogP contribution < -0.4 is 4.74 Å². The minimum Gasteiger partial charge on any atom is -0.431 e. The maximum atomic E-state index is 13.5. The van der Waals surface area contributed by atoms with Crippen LogP contribution in [0.25, 0.3) is 0 Å². The molecule has 0 fully saturated rings. The molecule has 6 heteroatoms.